The highest BCUT2D eigenvalue weighted by Crippen LogP contribution is 2.63. The zero-order chi connectivity index (χ0) is 42.9. The van der Waals surface area contributed by atoms with Crippen LogP contribution in [0.15, 0.2) is 218 Å². The number of benzene rings is 9. The number of para-hydroxylation sites is 1. The third kappa shape index (κ3) is 5.76. The molecule has 0 aromatic heterocycles. The Labute approximate surface area is 373 Å². The lowest BCUT2D eigenvalue weighted by atomic mass is 9.55. The fourth-order valence-corrected chi connectivity index (χ4v) is 11.5. The molecule has 3 aliphatic rings. The normalized spacial score (nSPS) is 14.8. The maximum atomic E-state index is 2.38. The third-order valence-corrected chi connectivity index (χ3v) is 14.5. The van der Waals surface area contributed by atoms with Gasteiger partial charge in [-0.2, -0.15) is 0 Å². The summed E-state index contributed by atoms with van der Waals surface area (Å²) in [6, 6.07) is 80.3. The van der Waals surface area contributed by atoms with E-state index in [-0.39, 0.29) is 16.2 Å². The average molecular weight is 810 g/mol. The van der Waals surface area contributed by atoms with Gasteiger partial charge >= 0.3 is 0 Å². The zero-order valence-corrected chi connectivity index (χ0v) is 36.7. The molecule has 1 nitrogen and oxygen atoms in total. The van der Waals surface area contributed by atoms with Gasteiger partial charge in [0.05, 0.1) is 5.41 Å². The van der Waals surface area contributed by atoms with E-state index < -0.39 is 0 Å². The summed E-state index contributed by atoms with van der Waals surface area (Å²) >= 11 is 0. The maximum Gasteiger partial charge on any atom is 0.0719 e. The predicted octanol–water partition coefficient (Wildman–Crippen LogP) is 15.8. The highest BCUT2D eigenvalue weighted by atomic mass is 15.1. The standard InChI is InChI=1S/C47H37N.C15H14/c1-46(2)39-22-10-12-24-41(39)47(42-25-13-11-23-40(42)46)38-21-9-7-19-37(38)45-36(20-15-26-43(45)47)33-28-30-34(31-29-33)48(3)44-27-14-8-18-35(44)32-16-5-4-6-17-32;1-15(2)13-9-5-3-7-11(13)12-8-4-6-10-14(12)15/h4-31H,1-3H3;3-10H,1-2H3. The van der Waals surface area contributed by atoms with Crippen molar-refractivity contribution in [2.45, 2.75) is 43.9 Å². The van der Waals surface area contributed by atoms with Crippen LogP contribution in [0.4, 0.5) is 11.4 Å². The van der Waals surface area contributed by atoms with E-state index in [1.54, 1.807) is 0 Å². The molecule has 1 heteroatoms. The van der Waals surface area contributed by atoms with Gasteiger partial charge in [0, 0.05) is 34.8 Å². The molecule has 0 saturated heterocycles. The Balaban J connectivity index is 0.000000249. The minimum Gasteiger partial charge on any atom is -0.344 e. The van der Waals surface area contributed by atoms with Crippen LogP contribution in [0.2, 0.25) is 0 Å². The molecule has 0 aliphatic heterocycles. The number of fused-ring (bicyclic) bond motifs is 12. The second-order valence-corrected chi connectivity index (χ2v) is 18.4. The summed E-state index contributed by atoms with van der Waals surface area (Å²) in [7, 11) is 2.16. The molecule has 0 fully saturated rings. The molecule has 0 atom stereocenters. The number of nitrogens with zero attached hydrogens (tertiary/aromatic N) is 1. The van der Waals surface area contributed by atoms with Crippen LogP contribution in [0.1, 0.15) is 72.2 Å². The molecular formula is C62H51N. The van der Waals surface area contributed by atoms with Gasteiger partial charge in [-0.15, -0.1) is 0 Å². The molecule has 0 radical (unpaired) electrons. The molecule has 0 amide bonds. The van der Waals surface area contributed by atoms with Gasteiger partial charge in [0.2, 0.25) is 0 Å². The van der Waals surface area contributed by atoms with Crippen LogP contribution in [0.5, 0.6) is 0 Å². The van der Waals surface area contributed by atoms with Crippen molar-refractivity contribution < 1.29 is 0 Å². The fourth-order valence-electron chi connectivity index (χ4n) is 11.5. The molecule has 0 unspecified atom stereocenters. The van der Waals surface area contributed by atoms with Crippen molar-refractivity contribution in [1.29, 1.82) is 0 Å². The summed E-state index contributed by atoms with van der Waals surface area (Å²) in [5, 5.41) is 0. The van der Waals surface area contributed by atoms with Gasteiger partial charge < -0.3 is 4.90 Å². The van der Waals surface area contributed by atoms with E-state index in [0.717, 1.165) is 5.69 Å². The lowest BCUT2D eigenvalue weighted by molar-refractivity contribution is 0.563. The highest BCUT2D eigenvalue weighted by molar-refractivity contribution is 5.97. The van der Waals surface area contributed by atoms with Crippen molar-refractivity contribution in [3.8, 4) is 44.5 Å². The van der Waals surface area contributed by atoms with Crippen molar-refractivity contribution >= 4 is 11.4 Å². The van der Waals surface area contributed by atoms with Gasteiger partial charge in [-0.05, 0) is 102 Å². The van der Waals surface area contributed by atoms with E-state index in [2.05, 4.69) is 258 Å². The molecular weight excluding hydrogens is 759 g/mol. The Bertz CT molecular complexity index is 3090. The van der Waals surface area contributed by atoms with E-state index in [4.69, 9.17) is 0 Å². The molecule has 9 aromatic carbocycles. The monoisotopic (exact) mass is 809 g/mol. The molecule has 0 heterocycles. The molecule has 63 heavy (non-hydrogen) atoms. The van der Waals surface area contributed by atoms with Crippen molar-refractivity contribution in [2.24, 2.45) is 0 Å². The predicted molar refractivity (Wildman–Crippen MR) is 265 cm³/mol. The van der Waals surface area contributed by atoms with Gasteiger partial charge in [0.1, 0.15) is 0 Å². The Kier molecular flexibility index (Phi) is 9.03. The number of hydrogen-bond donors (Lipinski definition) is 0. The van der Waals surface area contributed by atoms with Crippen LogP contribution < -0.4 is 4.90 Å². The summed E-state index contributed by atoms with van der Waals surface area (Å²) in [5.41, 5.74) is 23.7. The lowest BCUT2D eigenvalue weighted by Gasteiger charge is -2.46. The summed E-state index contributed by atoms with van der Waals surface area (Å²) in [6.07, 6.45) is 0. The van der Waals surface area contributed by atoms with Crippen molar-refractivity contribution in [1.82, 2.24) is 0 Å². The summed E-state index contributed by atoms with van der Waals surface area (Å²) < 4.78 is 0. The first-order chi connectivity index (χ1) is 30.7. The average Bonchev–Trinajstić information content (AvgIpc) is 3.77. The van der Waals surface area contributed by atoms with E-state index in [9.17, 15) is 0 Å². The largest absolute Gasteiger partial charge is 0.344 e. The summed E-state index contributed by atoms with van der Waals surface area (Å²) in [6.45, 7) is 9.37. The zero-order valence-electron chi connectivity index (χ0n) is 36.7. The topological polar surface area (TPSA) is 3.24 Å². The van der Waals surface area contributed by atoms with Gasteiger partial charge in [-0.1, -0.05) is 228 Å². The molecule has 0 saturated carbocycles. The smallest absolute Gasteiger partial charge is 0.0719 e. The van der Waals surface area contributed by atoms with Crippen LogP contribution >= 0.6 is 0 Å². The first-order valence-electron chi connectivity index (χ1n) is 22.3. The van der Waals surface area contributed by atoms with Crippen LogP contribution in [0.25, 0.3) is 44.5 Å². The summed E-state index contributed by atoms with van der Waals surface area (Å²) in [4.78, 5) is 2.30. The number of rotatable bonds is 4. The van der Waals surface area contributed by atoms with Crippen molar-refractivity contribution in [3.63, 3.8) is 0 Å². The maximum absolute atomic E-state index is 2.38. The molecule has 9 aromatic rings. The van der Waals surface area contributed by atoms with Gasteiger partial charge in [-0.25, -0.2) is 0 Å². The Morgan fingerprint density at radius 1 is 0.286 bits per heavy atom. The van der Waals surface area contributed by atoms with Crippen LogP contribution in [-0.4, -0.2) is 7.05 Å². The van der Waals surface area contributed by atoms with E-state index in [1.807, 2.05) is 0 Å². The van der Waals surface area contributed by atoms with Crippen LogP contribution in [0, 0.1) is 0 Å². The number of hydrogen-bond acceptors (Lipinski definition) is 1. The minimum atomic E-state index is -0.383. The van der Waals surface area contributed by atoms with Gasteiger partial charge in [-0.3, -0.25) is 0 Å². The lowest BCUT2D eigenvalue weighted by Crippen LogP contribution is -2.40. The Morgan fingerprint density at radius 2 is 0.683 bits per heavy atom. The van der Waals surface area contributed by atoms with Gasteiger partial charge in [0.15, 0.2) is 0 Å². The van der Waals surface area contributed by atoms with E-state index in [1.165, 1.54) is 94.7 Å². The first kappa shape index (κ1) is 38.7. The van der Waals surface area contributed by atoms with Crippen LogP contribution in [0.3, 0.4) is 0 Å². The SMILES string of the molecule is CC1(C)c2ccccc2-c2ccccc21.CN(c1ccc(-c2cccc3c2-c2ccccc2C32c3ccccc3C(C)(C)c3ccccc32)cc1)c1ccccc1-c1ccccc1. The summed E-state index contributed by atoms with van der Waals surface area (Å²) in [5.74, 6) is 0. The molecule has 0 N–H and O–H groups in total. The quantitative estimate of drug-likeness (QED) is 0.171. The molecule has 0 bridgehead atoms. The second-order valence-electron chi connectivity index (χ2n) is 18.4. The molecule has 1 spiro atoms. The Morgan fingerprint density at radius 3 is 1.27 bits per heavy atom. The number of anilines is 2. The van der Waals surface area contributed by atoms with Crippen molar-refractivity contribution in [2.75, 3.05) is 11.9 Å². The minimum absolute atomic E-state index is 0.102. The fraction of sp³-hybridized carbons (Fsp3) is 0.129. The second kappa shape index (κ2) is 14.7. The molecule has 3 aliphatic carbocycles. The Hall–Kier alpha value is -7.22. The molecule has 304 valence electrons. The van der Waals surface area contributed by atoms with Gasteiger partial charge in [0.25, 0.3) is 0 Å². The van der Waals surface area contributed by atoms with E-state index in [0.29, 0.717) is 0 Å². The first-order valence-corrected chi connectivity index (χ1v) is 22.3. The molecule has 12 rings (SSSR count). The van der Waals surface area contributed by atoms with Crippen LogP contribution in [-0.2, 0) is 16.2 Å². The highest BCUT2D eigenvalue weighted by Gasteiger charge is 2.53. The third-order valence-electron chi connectivity index (χ3n) is 14.5. The van der Waals surface area contributed by atoms with E-state index >= 15 is 0 Å². The van der Waals surface area contributed by atoms with Crippen molar-refractivity contribution in [3.05, 3.63) is 263 Å².